The summed E-state index contributed by atoms with van der Waals surface area (Å²) in [7, 11) is 0. The molecule has 2 saturated heterocycles. The van der Waals surface area contributed by atoms with Crippen molar-refractivity contribution in [2.24, 2.45) is 20.5 Å². The Kier molecular flexibility index (Phi) is 12.0. The molecule has 0 saturated carbocycles. The van der Waals surface area contributed by atoms with E-state index >= 15 is 0 Å². The summed E-state index contributed by atoms with van der Waals surface area (Å²) < 4.78 is 20.7. The number of aryl methyl sites for hydroxylation is 2. The van der Waals surface area contributed by atoms with Crippen molar-refractivity contribution in [3.63, 3.8) is 0 Å². The number of hydrogen-bond acceptors (Lipinski definition) is 12. The first kappa shape index (κ1) is 37.5. The zero-order valence-electron chi connectivity index (χ0n) is 31.7. The topological polar surface area (TPSA) is 134 Å². The van der Waals surface area contributed by atoms with E-state index in [-0.39, 0.29) is 24.1 Å². The van der Waals surface area contributed by atoms with Crippen LogP contribution in [-0.4, -0.2) is 76.8 Å². The van der Waals surface area contributed by atoms with Crippen LogP contribution in [0.4, 0.5) is 34.1 Å². The SMILES string of the molecule is O=C(OCC1CO1)c1ccc(N=Nc2ccc3c(c2)CCCN3CCCCCCN2CCCc3cc(N=Nc4ccc(C(=O)OCC5CO5)cc4)ccc32)cc1. The second-order valence-corrected chi connectivity index (χ2v) is 14.8. The monoisotopic (exact) mass is 756 g/mol. The predicted octanol–water partition coefficient (Wildman–Crippen LogP) is 9.39. The number of carbonyl (C=O) groups excluding carboxylic acids is 2. The molecular weight excluding hydrogens is 709 g/mol. The van der Waals surface area contributed by atoms with E-state index in [0.29, 0.717) is 48.9 Å². The normalized spacial score (nSPS) is 18.5. The molecule has 4 aromatic carbocycles. The van der Waals surface area contributed by atoms with Gasteiger partial charge in [0, 0.05) is 37.6 Å². The molecule has 290 valence electrons. The predicted molar refractivity (Wildman–Crippen MR) is 214 cm³/mol. The zero-order valence-corrected chi connectivity index (χ0v) is 31.7. The second-order valence-electron chi connectivity index (χ2n) is 14.8. The molecule has 4 aromatic rings. The van der Waals surface area contributed by atoms with Crippen molar-refractivity contribution in [2.75, 3.05) is 62.4 Å². The van der Waals surface area contributed by atoms with Gasteiger partial charge in [-0.2, -0.15) is 20.5 Å². The smallest absolute Gasteiger partial charge is 0.338 e. The summed E-state index contributed by atoms with van der Waals surface area (Å²) >= 11 is 0. The van der Waals surface area contributed by atoms with Gasteiger partial charge < -0.3 is 28.7 Å². The molecule has 2 fully saturated rings. The van der Waals surface area contributed by atoms with E-state index in [0.717, 1.165) is 63.2 Å². The third kappa shape index (κ3) is 10.2. The molecule has 0 spiro atoms. The van der Waals surface area contributed by atoms with Crippen molar-refractivity contribution in [2.45, 2.75) is 63.6 Å². The Hall–Kier alpha value is -5.46. The average molecular weight is 757 g/mol. The molecular formula is C44H48N6O6. The first-order valence-corrected chi connectivity index (χ1v) is 19.9. The van der Waals surface area contributed by atoms with Crippen LogP contribution in [0.25, 0.3) is 0 Å². The minimum atomic E-state index is -0.355. The summed E-state index contributed by atoms with van der Waals surface area (Å²) in [5.74, 6) is -0.710. The van der Waals surface area contributed by atoms with Crippen molar-refractivity contribution in [3.05, 3.63) is 107 Å². The van der Waals surface area contributed by atoms with Crippen LogP contribution in [0.15, 0.2) is 105 Å². The molecule has 0 aromatic heterocycles. The minimum Gasteiger partial charge on any atom is -0.459 e. The number of esters is 2. The number of carbonyl (C=O) groups is 2. The van der Waals surface area contributed by atoms with Crippen molar-refractivity contribution >= 4 is 46.1 Å². The summed E-state index contributed by atoms with van der Waals surface area (Å²) in [6, 6.07) is 26.8. The number of nitrogens with zero attached hydrogens (tertiary/aromatic N) is 6. The maximum absolute atomic E-state index is 12.2. The number of ether oxygens (including phenoxy) is 4. The molecule has 0 bridgehead atoms. The molecule has 56 heavy (non-hydrogen) atoms. The largest absolute Gasteiger partial charge is 0.459 e. The zero-order chi connectivity index (χ0) is 38.1. The van der Waals surface area contributed by atoms with Gasteiger partial charge in [-0.15, -0.1) is 0 Å². The highest BCUT2D eigenvalue weighted by molar-refractivity contribution is 5.90. The van der Waals surface area contributed by atoms with Crippen LogP contribution >= 0.6 is 0 Å². The summed E-state index contributed by atoms with van der Waals surface area (Å²) in [5.41, 5.74) is 9.30. The van der Waals surface area contributed by atoms with E-state index in [4.69, 9.17) is 18.9 Å². The molecule has 0 amide bonds. The number of fused-ring (bicyclic) bond motifs is 2. The van der Waals surface area contributed by atoms with Gasteiger partial charge in [-0.3, -0.25) is 0 Å². The molecule has 2 unspecified atom stereocenters. The van der Waals surface area contributed by atoms with Crippen LogP contribution in [0.3, 0.4) is 0 Å². The lowest BCUT2D eigenvalue weighted by Gasteiger charge is -2.32. The van der Waals surface area contributed by atoms with Crippen LogP contribution in [0, 0.1) is 0 Å². The van der Waals surface area contributed by atoms with E-state index in [1.54, 1.807) is 48.5 Å². The summed E-state index contributed by atoms with van der Waals surface area (Å²) in [6.45, 7) is 6.20. The molecule has 0 N–H and O–H groups in total. The number of anilines is 2. The highest BCUT2D eigenvalue weighted by Gasteiger charge is 2.25. The van der Waals surface area contributed by atoms with Crippen LogP contribution < -0.4 is 9.80 Å². The molecule has 12 heteroatoms. The molecule has 4 aliphatic heterocycles. The summed E-state index contributed by atoms with van der Waals surface area (Å²) in [4.78, 5) is 29.4. The van der Waals surface area contributed by atoms with Gasteiger partial charge in [0.15, 0.2) is 0 Å². The van der Waals surface area contributed by atoms with Gasteiger partial charge in [0.05, 0.1) is 47.1 Å². The average Bonchev–Trinajstić information content (AvgIpc) is 4.19. The maximum atomic E-state index is 12.2. The van der Waals surface area contributed by atoms with E-state index in [1.165, 1.54) is 48.2 Å². The number of rotatable bonds is 17. The molecule has 2 atom stereocenters. The standard InChI is InChI=1S/C44H48N6O6/c51-43(55-29-39-27-53-39)31-9-13-35(14-10-31)45-47-37-17-19-41-33(25-37)7-5-23-49(41)21-3-1-2-4-22-50-24-6-8-34-26-38(18-20-42(34)50)48-46-36-15-11-32(12-16-36)44(52)56-30-40-28-54-40/h9-20,25-26,39-40H,1-8,21-24,27-30H2. The fourth-order valence-electron chi connectivity index (χ4n) is 7.26. The molecule has 4 aliphatic rings. The lowest BCUT2D eigenvalue weighted by Crippen LogP contribution is -2.30. The molecule has 0 radical (unpaired) electrons. The van der Waals surface area contributed by atoms with Gasteiger partial charge in [0.1, 0.15) is 25.4 Å². The van der Waals surface area contributed by atoms with Gasteiger partial charge in [0.25, 0.3) is 0 Å². The summed E-state index contributed by atoms with van der Waals surface area (Å²) in [6.07, 6.45) is 9.23. The van der Waals surface area contributed by atoms with Crippen molar-refractivity contribution in [1.29, 1.82) is 0 Å². The van der Waals surface area contributed by atoms with Crippen molar-refractivity contribution in [3.8, 4) is 0 Å². The lowest BCUT2D eigenvalue weighted by atomic mass is 10.00. The first-order chi connectivity index (χ1) is 27.5. The Labute approximate surface area is 327 Å². The van der Waals surface area contributed by atoms with Crippen LogP contribution in [-0.2, 0) is 31.8 Å². The highest BCUT2D eigenvalue weighted by Crippen LogP contribution is 2.33. The quantitative estimate of drug-likeness (QED) is 0.0450. The third-order valence-electron chi connectivity index (χ3n) is 10.5. The van der Waals surface area contributed by atoms with E-state index in [9.17, 15) is 9.59 Å². The fourth-order valence-corrected chi connectivity index (χ4v) is 7.26. The maximum Gasteiger partial charge on any atom is 0.338 e. The third-order valence-corrected chi connectivity index (χ3v) is 10.5. The molecule has 4 heterocycles. The van der Waals surface area contributed by atoms with Crippen LogP contribution in [0.2, 0.25) is 0 Å². The number of unbranched alkanes of at least 4 members (excludes halogenated alkanes) is 3. The number of benzene rings is 4. The lowest BCUT2D eigenvalue weighted by molar-refractivity contribution is 0.0468. The van der Waals surface area contributed by atoms with Crippen LogP contribution in [0.1, 0.15) is 70.4 Å². The van der Waals surface area contributed by atoms with Crippen molar-refractivity contribution < 1.29 is 28.5 Å². The Balaban J connectivity index is 0.758. The fraction of sp³-hybridized carbons (Fsp3) is 0.409. The first-order valence-electron chi connectivity index (χ1n) is 19.9. The Morgan fingerprint density at radius 2 is 0.946 bits per heavy atom. The Morgan fingerprint density at radius 3 is 1.36 bits per heavy atom. The Morgan fingerprint density at radius 1 is 0.554 bits per heavy atom. The van der Waals surface area contributed by atoms with Gasteiger partial charge >= 0.3 is 11.9 Å². The van der Waals surface area contributed by atoms with E-state index in [1.807, 2.05) is 12.1 Å². The van der Waals surface area contributed by atoms with E-state index < -0.39 is 0 Å². The molecule has 12 nitrogen and oxygen atoms in total. The van der Waals surface area contributed by atoms with Gasteiger partial charge in [-0.1, -0.05) is 12.8 Å². The summed E-state index contributed by atoms with van der Waals surface area (Å²) in [5, 5.41) is 17.8. The van der Waals surface area contributed by atoms with Gasteiger partial charge in [0.2, 0.25) is 0 Å². The van der Waals surface area contributed by atoms with Gasteiger partial charge in [-0.25, -0.2) is 9.59 Å². The highest BCUT2D eigenvalue weighted by atomic mass is 16.6. The molecule has 8 rings (SSSR count). The second kappa shape index (κ2) is 18.0. The van der Waals surface area contributed by atoms with Crippen molar-refractivity contribution in [1.82, 2.24) is 0 Å². The van der Waals surface area contributed by atoms with Crippen LogP contribution in [0.5, 0.6) is 0 Å². The number of azo groups is 2. The number of epoxide rings is 2. The number of hydrogen-bond donors (Lipinski definition) is 0. The minimum absolute atomic E-state index is 0.0481. The van der Waals surface area contributed by atoms with Gasteiger partial charge in [-0.05, 0) is 135 Å². The molecule has 0 aliphatic carbocycles. The Bertz CT molecular complexity index is 1900. The van der Waals surface area contributed by atoms with E-state index in [2.05, 4.69) is 54.5 Å².